The normalized spacial score (nSPS) is 11.6. The summed E-state index contributed by atoms with van der Waals surface area (Å²) in [5, 5.41) is 11.4. The number of rotatable bonds is 6. The zero-order chi connectivity index (χ0) is 15.2. The molecule has 0 aliphatic rings. The summed E-state index contributed by atoms with van der Waals surface area (Å²) in [5.74, 6) is -0.981. The van der Waals surface area contributed by atoms with Crippen molar-refractivity contribution in [2.24, 2.45) is 0 Å². The van der Waals surface area contributed by atoms with Gasteiger partial charge in [0.1, 0.15) is 18.2 Å². The van der Waals surface area contributed by atoms with Gasteiger partial charge >= 0.3 is 5.97 Å². The fourth-order valence-corrected chi connectivity index (χ4v) is 1.70. The average molecular weight is 286 g/mol. The first-order valence-electron chi connectivity index (χ1n) is 6.20. The summed E-state index contributed by atoms with van der Waals surface area (Å²) in [7, 11) is 0. The highest BCUT2D eigenvalue weighted by Crippen LogP contribution is 2.06. The largest absolute Gasteiger partial charge is 0.480 e. The maximum absolute atomic E-state index is 12.0. The van der Waals surface area contributed by atoms with Gasteiger partial charge in [0.15, 0.2) is 0 Å². The lowest BCUT2D eigenvalue weighted by Crippen LogP contribution is -2.40. The molecule has 2 rings (SSSR count). The molecule has 0 fully saturated rings. The first-order valence-corrected chi connectivity index (χ1v) is 6.20. The number of carboxylic acids is 1. The first kappa shape index (κ1) is 14.4. The number of nitrogens with zero attached hydrogens (tertiary/aromatic N) is 3. The molecule has 2 aromatic heterocycles. The predicted molar refractivity (Wildman–Crippen MR) is 75.1 cm³/mol. The Balaban J connectivity index is 2.09. The van der Waals surface area contributed by atoms with Crippen LogP contribution in [0.5, 0.6) is 0 Å². The van der Waals surface area contributed by atoms with Gasteiger partial charge in [0.25, 0.3) is 5.91 Å². The Bertz CT molecular complexity index is 635. The molecule has 0 aliphatic heterocycles. The third-order valence-corrected chi connectivity index (χ3v) is 2.78. The van der Waals surface area contributed by atoms with E-state index in [-0.39, 0.29) is 12.0 Å². The van der Waals surface area contributed by atoms with E-state index in [2.05, 4.69) is 21.9 Å². The quantitative estimate of drug-likeness (QED) is 0.773. The zero-order valence-electron chi connectivity index (χ0n) is 11.1. The Morgan fingerprint density at radius 1 is 1.48 bits per heavy atom. The maximum atomic E-state index is 12.0. The summed E-state index contributed by atoms with van der Waals surface area (Å²) in [5.41, 5.74) is 0.286. The molecular formula is C14H14N4O3. The molecule has 2 heterocycles. The molecule has 1 atom stereocenters. The molecule has 108 valence electrons. The van der Waals surface area contributed by atoms with Gasteiger partial charge in [-0.3, -0.25) is 9.36 Å². The second-order valence-electron chi connectivity index (χ2n) is 4.26. The molecule has 2 N–H and O–H groups in total. The van der Waals surface area contributed by atoms with Crippen LogP contribution in [0.1, 0.15) is 16.8 Å². The van der Waals surface area contributed by atoms with Gasteiger partial charge in [0.05, 0.1) is 5.56 Å². The average Bonchev–Trinajstić information content (AvgIpc) is 3.01. The number of imidazole rings is 1. The molecule has 21 heavy (non-hydrogen) atoms. The van der Waals surface area contributed by atoms with E-state index in [0.29, 0.717) is 5.82 Å². The zero-order valence-corrected chi connectivity index (χ0v) is 11.1. The molecule has 1 unspecified atom stereocenters. The van der Waals surface area contributed by atoms with Crippen LogP contribution in [-0.2, 0) is 4.79 Å². The van der Waals surface area contributed by atoms with Gasteiger partial charge in [0, 0.05) is 18.6 Å². The van der Waals surface area contributed by atoms with Crippen LogP contribution >= 0.6 is 0 Å². The van der Waals surface area contributed by atoms with E-state index in [1.807, 2.05) is 0 Å². The monoisotopic (exact) mass is 286 g/mol. The van der Waals surface area contributed by atoms with E-state index in [0.717, 1.165) is 0 Å². The lowest BCUT2D eigenvalue weighted by Gasteiger charge is -2.12. The lowest BCUT2D eigenvalue weighted by atomic mass is 10.2. The number of aliphatic carboxylic acids is 1. The van der Waals surface area contributed by atoms with Crippen molar-refractivity contribution in [3.05, 3.63) is 55.3 Å². The van der Waals surface area contributed by atoms with Crippen LogP contribution in [-0.4, -0.2) is 37.6 Å². The van der Waals surface area contributed by atoms with Crippen molar-refractivity contribution in [1.29, 1.82) is 0 Å². The minimum absolute atomic E-state index is 0.154. The van der Waals surface area contributed by atoms with Crippen molar-refractivity contribution < 1.29 is 14.7 Å². The summed E-state index contributed by atoms with van der Waals surface area (Å²) in [4.78, 5) is 31.0. The topological polar surface area (TPSA) is 97.1 Å². The summed E-state index contributed by atoms with van der Waals surface area (Å²) in [6, 6.07) is 2.23. The van der Waals surface area contributed by atoms with Crippen molar-refractivity contribution in [1.82, 2.24) is 19.9 Å². The molecule has 2 aromatic rings. The number of pyridine rings is 1. The van der Waals surface area contributed by atoms with Gasteiger partial charge in [-0.1, -0.05) is 6.08 Å². The molecular weight excluding hydrogens is 272 g/mol. The van der Waals surface area contributed by atoms with Gasteiger partial charge in [-0.05, 0) is 18.6 Å². The number of hydrogen-bond donors (Lipinski definition) is 2. The van der Waals surface area contributed by atoms with Crippen LogP contribution in [0.2, 0.25) is 0 Å². The second-order valence-corrected chi connectivity index (χ2v) is 4.26. The maximum Gasteiger partial charge on any atom is 0.326 e. The van der Waals surface area contributed by atoms with Crippen LogP contribution in [0.3, 0.4) is 0 Å². The standard InChI is InChI=1S/C14H14N4O3/c1-2-3-11(14(20)21)17-13(19)10-4-5-12(16-8-10)18-7-6-15-9-18/h2,4-9,11H,1,3H2,(H,17,19)(H,20,21). The second kappa shape index (κ2) is 6.47. The van der Waals surface area contributed by atoms with E-state index in [1.54, 1.807) is 35.4 Å². The molecule has 0 aliphatic carbocycles. The molecule has 0 saturated heterocycles. The Morgan fingerprint density at radius 3 is 2.81 bits per heavy atom. The van der Waals surface area contributed by atoms with Crippen LogP contribution in [0.15, 0.2) is 49.7 Å². The van der Waals surface area contributed by atoms with Crippen LogP contribution < -0.4 is 5.32 Å². The Kier molecular flexibility index (Phi) is 4.45. The third kappa shape index (κ3) is 3.53. The van der Waals surface area contributed by atoms with Crippen molar-refractivity contribution in [3.63, 3.8) is 0 Å². The smallest absolute Gasteiger partial charge is 0.326 e. The number of aromatic nitrogens is 3. The number of carbonyl (C=O) groups is 2. The number of carboxylic acid groups (broad SMARTS) is 1. The highest BCUT2D eigenvalue weighted by Gasteiger charge is 2.19. The minimum Gasteiger partial charge on any atom is -0.480 e. The SMILES string of the molecule is C=CCC(NC(=O)c1ccc(-n2ccnc2)nc1)C(=O)O. The minimum atomic E-state index is -1.11. The van der Waals surface area contributed by atoms with Crippen molar-refractivity contribution >= 4 is 11.9 Å². The fourth-order valence-electron chi connectivity index (χ4n) is 1.70. The van der Waals surface area contributed by atoms with Crippen LogP contribution in [0, 0.1) is 0 Å². The van der Waals surface area contributed by atoms with E-state index in [1.165, 1.54) is 12.3 Å². The van der Waals surface area contributed by atoms with Gasteiger partial charge in [-0.15, -0.1) is 6.58 Å². The van der Waals surface area contributed by atoms with E-state index < -0.39 is 17.9 Å². The lowest BCUT2D eigenvalue weighted by molar-refractivity contribution is -0.139. The Morgan fingerprint density at radius 2 is 2.29 bits per heavy atom. The van der Waals surface area contributed by atoms with Gasteiger partial charge in [-0.2, -0.15) is 0 Å². The summed E-state index contributed by atoms with van der Waals surface area (Å²) in [6.07, 6.45) is 7.92. The molecule has 0 spiro atoms. The highest BCUT2D eigenvalue weighted by atomic mass is 16.4. The summed E-state index contributed by atoms with van der Waals surface area (Å²) < 4.78 is 1.69. The highest BCUT2D eigenvalue weighted by molar-refractivity contribution is 5.96. The molecule has 1 amide bonds. The van der Waals surface area contributed by atoms with E-state index >= 15 is 0 Å². The number of nitrogens with one attached hydrogen (secondary N) is 1. The number of carbonyl (C=O) groups excluding carboxylic acids is 1. The molecule has 0 saturated carbocycles. The molecule has 0 bridgehead atoms. The molecule has 0 radical (unpaired) electrons. The number of hydrogen-bond acceptors (Lipinski definition) is 4. The van der Waals surface area contributed by atoms with E-state index in [9.17, 15) is 9.59 Å². The van der Waals surface area contributed by atoms with Crippen LogP contribution in [0.4, 0.5) is 0 Å². The third-order valence-electron chi connectivity index (χ3n) is 2.78. The van der Waals surface area contributed by atoms with Crippen molar-refractivity contribution in [2.45, 2.75) is 12.5 Å². The van der Waals surface area contributed by atoms with Crippen LogP contribution in [0.25, 0.3) is 5.82 Å². The summed E-state index contributed by atoms with van der Waals surface area (Å²) >= 11 is 0. The molecule has 0 aromatic carbocycles. The van der Waals surface area contributed by atoms with Gasteiger partial charge in [0.2, 0.25) is 0 Å². The molecule has 7 heteroatoms. The Labute approximate surface area is 121 Å². The number of amides is 1. The Hall–Kier alpha value is -2.96. The van der Waals surface area contributed by atoms with Gasteiger partial charge in [-0.25, -0.2) is 14.8 Å². The first-order chi connectivity index (χ1) is 10.1. The van der Waals surface area contributed by atoms with Crippen molar-refractivity contribution in [3.8, 4) is 5.82 Å². The predicted octanol–water partition coefficient (Wildman–Crippen LogP) is 1.03. The molecule has 7 nitrogen and oxygen atoms in total. The van der Waals surface area contributed by atoms with Crippen molar-refractivity contribution in [2.75, 3.05) is 0 Å². The fraction of sp³-hybridized carbons (Fsp3) is 0.143. The van der Waals surface area contributed by atoms with E-state index in [4.69, 9.17) is 5.11 Å². The summed E-state index contributed by atoms with van der Waals surface area (Å²) in [6.45, 7) is 3.47. The van der Waals surface area contributed by atoms with Gasteiger partial charge < -0.3 is 10.4 Å².